The highest BCUT2D eigenvalue weighted by molar-refractivity contribution is 6.04. The molecule has 4 aromatic rings. The van der Waals surface area contributed by atoms with E-state index in [0.717, 1.165) is 11.6 Å². The summed E-state index contributed by atoms with van der Waals surface area (Å²) < 4.78 is 53.5. The second-order valence-corrected chi connectivity index (χ2v) is 7.19. The van der Waals surface area contributed by atoms with E-state index in [1.54, 1.807) is 19.1 Å². The van der Waals surface area contributed by atoms with Crippen LogP contribution in [0.1, 0.15) is 16.1 Å². The lowest BCUT2D eigenvalue weighted by Crippen LogP contribution is -2.18. The maximum atomic E-state index is 14.1. The zero-order valence-corrected chi connectivity index (χ0v) is 17.1. The molecule has 33 heavy (non-hydrogen) atoms. The van der Waals surface area contributed by atoms with Crippen molar-refractivity contribution in [2.45, 2.75) is 13.3 Å². The third-order valence-electron chi connectivity index (χ3n) is 5.00. The van der Waals surface area contributed by atoms with Crippen LogP contribution in [0.4, 0.5) is 28.9 Å². The van der Waals surface area contributed by atoms with Crippen molar-refractivity contribution in [3.63, 3.8) is 0 Å². The van der Waals surface area contributed by atoms with Gasteiger partial charge in [-0.05, 0) is 24.6 Å². The SMILES string of the molecule is Cc1ccc2[nH]ncc2c1-c1nc(-c2cc(F)c(F)cc2NCC(F)F)nc(C(N)=O)c1N. The monoisotopic (exact) mass is 459 g/mol. The molecule has 2 aromatic heterocycles. The lowest BCUT2D eigenvalue weighted by Gasteiger charge is -2.16. The van der Waals surface area contributed by atoms with Crippen molar-refractivity contribution in [1.82, 2.24) is 20.2 Å². The fourth-order valence-corrected chi connectivity index (χ4v) is 3.47. The number of aromatic amines is 1. The van der Waals surface area contributed by atoms with Crippen LogP contribution in [0.2, 0.25) is 0 Å². The number of hydrogen-bond donors (Lipinski definition) is 4. The first-order chi connectivity index (χ1) is 15.7. The van der Waals surface area contributed by atoms with E-state index in [2.05, 4.69) is 25.5 Å². The Kier molecular flexibility index (Phi) is 5.58. The van der Waals surface area contributed by atoms with Crippen LogP contribution < -0.4 is 16.8 Å². The summed E-state index contributed by atoms with van der Waals surface area (Å²) in [6.07, 6.45) is -1.23. The number of carbonyl (C=O) groups excluding carboxylic acids is 1. The Morgan fingerprint density at radius 1 is 1.18 bits per heavy atom. The Labute approximate surface area is 184 Å². The summed E-state index contributed by atoms with van der Waals surface area (Å²) in [5, 5.41) is 9.78. The van der Waals surface area contributed by atoms with Gasteiger partial charge in [-0.25, -0.2) is 27.5 Å². The van der Waals surface area contributed by atoms with Crippen molar-refractivity contribution >= 4 is 28.2 Å². The summed E-state index contributed by atoms with van der Waals surface area (Å²) in [5.74, 6) is -3.77. The molecule has 0 saturated heterocycles. The Morgan fingerprint density at radius 2 is 1.91 bits per heavy atom. The minimum Gasteiger partial charge on any atom is -0.395 e. The number of halogens is 4. The molecular formula is C21H17F4N7O. The van der Waals surface area contributed by atoms with E-state index in [9.17, 15) is 22.4 Å². The molecule has 0 aliphatic heterocycles. The van der Waals surface area contributed by atoms with Gasteiger partial charge in [-0.1, -0.05) is 6.07 Å². The number of nitrogens with one attached hydrogen (secondary N) is 2. The molecule has 0 radical (unpaired) electrons. The zero-order valence-electron chi connectivity index (χ0n) is 17.1. The number of nitrogens with zero attached hydrogens (tertiary/aromatic N) is 3. The van der Waals surface area contributed by atoms with Gasteiger partial charge in [-0.15, -0.1) is 0 Å². The number of aryl methyl sites for hydroxylation is 1. The van der Waals surface area contributed by atoms with Crippen LogP contribution in [0.3, 0.4) is 0 Å². The molecule has 2 heterocycles. The maximum absolute atomic E-state index is 14.1. The Bertz CT molecular complexity index is 1390. The van der Waals surface area contributed by atoms with E-state index in [0.29, 0.717) is 22.5 Å². The molecule has 8 nitrogen and oxygen atoms in total. The van der Waals surface area contributed by atoms with Crippen LogP contribution in [0.5, 0.6) is 0 Å². The standard InChI is InChI=1S/C21H17F4N7O/c1-8-2-3-13-10(6-29-32-13)16(8)18-17(26)19(20(27)33)31-21(30-18)9-4-11(22)12(23)5-14(9)28-7-15(24)25/h2-6,15,28H,7,26H2,1H3,(H2,27,33)(H,29,32). The second-order valence-electron chi connectivity index (χ2n) is 7.19. The molecular weight excluding hydrogens is 442 g/mol. The number of fused-ring (bicyclic) bond motifs is 1. The molecule has 0 atom stereocenters. The van der Waals surface area contributed by atoms with E-state index < -0.39 is 30.5 Å². The summed E-state index contributed by atoms with van der Waals surface area (Å²) >= 11 is 0. The van der Waals surface area contributed by atoms with Crippen LogP contribution in [-0.2, 0) is 0 Å². The molecule has 170 valence electrons. The third-order valence-corrected chi connectivity index (χ3v) is 5.00. The largest absolute Gasteiger partial charge is 0.395 e. The molecule has 2 aromatic carbocycles. The number of aromatic nitrogens is 4. The van der Waals surface area contributed by atoms with Crippen molar-refractivity contribution in [3.05, 3.63) is 53.4 Å². The number of nitrogens with two attached hydrogens (primary N) is 2. The number of H-pyrrole nitrogens is 1. The van der Waals surface area contributed by atoms with Crippen molar-refractivity contribution < 1.29 is 22.4 Å². The molecule has 1 amide bonds. The normalized spacial score (nSPS) is 11.3. The lowest BCUT2D eigenvalue weighted by atomic mass is 9.99. The molecule has 12 heteroatoms. The van der Waals surface area contributed by atoms with Gasteiger partial charge in [0.05, 0.1) is 29.6 Å². The van der Waals surface area contributed by atoms with Crippen LogP contribution >= 0.6 is 0 Å². The predicted molar refractivity (Wildman–Crippen MR) is 115 cm³/mol. The van der Waals surface area contributed by atoms with Crippen LogP contribution in [0.25, 0.3) is 33.5 Å². The second kappa shape index (κ2) is 8.37. The van der Waals surface area contributed by atoms with Gasteiger partial charge in [-0.3, -0.25) is 9.89 Å². The molecule has 0 saturated carbocycles. The number of hydrogen-bond acceptors (Lipinski definition) is 6. The maximum Gasteiger partial charge on any atom is 0.269 e. The molecule has 0 fully saturated rings. The third kappa shape index (κ3) is 4.02. The van der Waals surface area contributed by atoms with E-state index >= 15 is 0 Å². The minimum atomic E-state index is -2.77. The zero-order chi connectivity index (χ0) is 23.9. The fraction of sp³-hybridized carbons (Fsp3) is 0.143. The van der Waals surface area contributed by atoms with E-state index in [-0.39, 0.29) is 34.2 Å². The summed E-state index contributed by atoms with van der Waals surface area (Å²) in [6, 6.07) is 5.01. The summed E-state index contributed by atoms with van der Waals surface area (Å²) in [5.41, 5.74) is 12.8. The van der Waals surface area contributed by atoms with Crippen molar-refractivity contribution in [2.24, 2.45) is 5.73 Å². The predicted octanol–water partition coefficient (Wildman–Crippen LogP) is 3.63. The van der Waals surface area contributed by atoms with Gasteiger partial charge in [0.2, 0.25) is 0 Å². The Morgan fingerprint density at radius 3 is 2.61 bits per heavy atom. The van der Waals surface area contributed by atoms with Crippen LogP contribution in [0, 0.1) is 18.6 Å². The molecule has 6 N–H and O–H groups in total. The van der Waals surface area contributed by atoms with Gasteiger partial charge in [-0.2, -0.15) is 5.10 Å². The molecule has 0 aliphatic rings. The van der Waals surface area contributed by atoms with Crippen LogP contribution in [0.15, 0.2) is 30.5 Å². The van der Waals surface area contributed by atoms with Gasteiger partial charge < -0.3 is 16.8 Å². The van der Waals surface area contributed by atoms with Crippen molar-refractivity contribution in [3.8, 4) is 22.6 Å². The first-order valence-electron chi connectivity index (χ1n) is 9.59. The number of rotatable bonds is 6. The summed E-state index contributed by atoms with van der Waals surface area (Å²) in [4.78, 5) is 20.5. The number of benzene rings is 2. The van der Waals surface area contributed by atoms with Gasteiger partial charge >= 0.3 is 0 Å². The highest BCUT2D eigenvalue weighted by Crippen LogP contribution is 2.37. The minimum absolute atomic E-state index is 0.0999. The number of alkyl halides is 2. The highest BCUT2D eigenvalue weighted by Gasteiger charge is 2.23. The Hall–Kier alpha value is -4.22. The number of nitrogen functional groups attached to an aromatic ring is 1. The molecule has 0 spiro atoms. The van der Waals surface area contributed by atoms with Gasteiger partial charge in [0.25, 0.3) is 12.3 Å². The fourth-order valence-electron chi connectivity index (χ4n) is 3.47. The van der Waals surface area contributed by atoms with E-state index in [4.69, 9.17) is 11.5 Å². The Balaban J connectivity index is 2.02. The van der Waals surface area contributed by atoms with E-state index in [1.807, 2.05) is 0 Å². The summed E-state index contributed by atoms with van der Waals surface area (Å²) in [6.45, 7) is 0.941. The first kappa shape index (κ1) is 22.0. The quantitative estimate of drug-likeness (QED) is 0.325. The van der Waals surface area contributed by atoms with Crippen molar-refractivity contribution in [2.75, 3.05) is 17.6 Å². The number of primary amides is 1. The average molecular weight is 459 g/mol. The summed E-state index contributed by atoms with van der Waals surface area (Å²) in [7, 11) is 0. The molecule has 0 aliphatic carbocycles. The van der Waals surface area contributed by atoms with Crippen molar-refractivity contribution in [1.29, 1.82) is 0 Å². The molecule has 4 rings (SSSR count). The topological polar surface area (TPSA) is 136 Å². The van der Waals surface area contributed by atoms with Crippen LogP contribution in [-0.4, -0.2) is 39.0 Å². The average Bonchev–Trinajstić information content (AvgIpc) is 3.23. The highest BCUT2D eigenvalue weighted by atomic mass is 19.3. The number of carbonyl (C=O) groups is 1. The van der Waals surface area contributed by atoms with Gasteiger partial charge in [0.1, 0.15) is 0 Å². The number of anilines is 2. The smallest absolute Gasteiger partial charge is 0.269 e. The van der Waals surface area contributed by atoms with Gasteiger partial charge in [0, 0.05) is 28.3 Å². The lowest BCUT2D eigenvalue weighted by molar-refractivity contribution is 0.0996. The number of amides is 1. The molecule has 0 bridgehead atoms. The van der Waals surface area contributed by atoms with Gasteiger partial charge in [0.15, 0.2) is 23.2 Å². The first-order valence-corrected chi connectivity index (χ1v) is 9.59. The molecule has 0 unspecified atom stereocenters. The van der Waals surface area contributed by atoms with E-state index in [1.165, 1.54) is 6.20 Å².